The summed E-state index contributed by atoms with van der Waals surface area (Å²) in [6.45, 7) is 2.10. The van der Waals surface area contributed by atoms with E-state index < -0.39 is 0 Å². The lowest BCUT2D eigenvalue weighted by Gasteiger charge is -2.00. The van der Waals surface area contributed by atoms with Gasteiger partial charge in [-0.15, -0.1) is 11.3 Å². The van der Waals surface area contributed by atoms with E-state index >= 15 is 0 Å². The topological polar surface area (TPSA) is 62.5 Å². The number of rotatable bonds is 3. The molecule has 2 rings (SSSR count). The van der Waals surface area contributed by atoms with E-state index in [0.717, 1.165) is 9.75 Å². The van der Waals surface area contributed by atoms with Gasteiger partial charge < -0.3 is 14.8 Å². The number of aliphatic hydroxyl groups is 1. The summed E-state index contributed by atoms with van der Waals surface area (Å²) in [7, 11) is 0. The molecule has 0 spiro atoms. The molecule has 0 unspecified atom stereocenters. The molecule has 0 fully saturated rings. The fraction of sp³-hybridized carbons (Fsp3) is 0.214. The average Bonchev–Trinajstić information content (AvgIpc) is 3.02. The van der Waals surface area contributed by atoms with E-state index in [2.05, 4.69) is 17.2 Å². The quantitative estimate of drug-likeness (QED) is 0.841. The number of nitrogens with one attached hydrogen (secondary N) is 1. The number of thiophene rings is 1. The summed E-state index contributed by atoms with van der Waals surface area (Å²) in [5.74, 6) is 5.97. The van der Waals surface area contributed by atoms with Crippen LogP contribution in [0.5, 0.6) is 0 Å². The molecule has 0 saturated heterocycles. The van der Waals surface area contributed by atoms with E-state index in [1.165, 1.54) is 17.6 Å². The number of furan rings is 1. The van der Waals surface area contributed by atoms with Gasteiger partial charge in [-0.05, 0) is 25.1 Å². The van der Waals surface area contributed by atoms with E-state index in [4.69, 9.17) is 9.52 Å². The molecule has 0 aromatic carbocycles. The molecule has 19 heavy (non-hydrogen) atoms. The molecule has 2 heterocycles. The van der Waals surface area contributed by atoms with Crippen LogP contribution in [-0.4, -0.2) is 17.6 Å². The first-order valence-corrected chi connectivity index (χ1v) is 6.52. The third kappa shape index (κ3) is 3.71. The molecular formula is C14H13NO3S. The van der Waals surface area contributed by atoms with E-state index in [9.17, 15) is 4.79 Å². The fourth-order valence-corrected chi connectivity index (χ4v) is 2.32. The van der Waals surface area contributed by atoms with Crippen molar-refractivity contribution < 1.29 is 14.3 Å². The van der Waals surface area contributed by atoms with Crippen LogP contribution < -0.4 is 5.32 Å². The molecule has 1 amide bonds. The molecule has 0 aliphatic heterocycles. The SMILES string of the molecule is Cc1cc(C(=O)NCc2ccc(C#CCO)s2)co1. The Hall–Kier alpha value is -2.03. The Labute approximate surface area is 115 Å². The molecule has 0 bridgehead atoms. The zero-order chi connectivity index (χ0) is 13.7. The van der Waals surface area contributed by atoms with Gasteiger partial charge in [-0.25, -0.2) is 0 Å². The summed E-state index contributed by atoms with van der Waals surface area (Å²) in [5, 5.41) is 11.4. The van der Waals surface area contributed by atoms with Crippen molar-refractivity contribution >= 4 is 17.2 Å². The highest BCUT2D eigenvalue weighted by atomic mass is 32.1. The van der Waals surface area contributed by atoms with E-state index in [1.807, 2.05) is 12.1 Å². The first kappa shape index (κ1) is 13.4. The lowest BCUT2D eigenvalue weighted by Crippen LogP contribution is -2.21. The molecule has 5 heteroatoms. The smallest absolute Gasteiger partial charge is 0.254 e. The highest BCUT2D eigenvalue weighted by Gasteiger charge is 2.08. The second-order valence-electron chi connectivity index (χ2n) is 3.85. The predicted molar refractivity (Wildman–Crippen MR) is 72.9 cm³/mol. The standard InChI is InChI=1S/C14H13NO3S/c1-10-7-11(9-18-10)14(17)15-8-13-5-4-12(19-13)3-2-6-16/h4-5,7,9,16H,6,8H2,1H3,(H,15,17). The lowest BCUT2D eigenvalue weighted by molar-refractivity contribution is 0.0950. The van der Waals surface area contributed by atoms with Gasteiger partial charge in [-0.1, -0.05) is 11.8 Å². The van der Waals surface area contributed by atoms with Crippen LogP contribution >= 0.6 is 11.3 Å². The Morgan fingerprint density at radius 2 is 2.37 bits per heavy atom. The second kappa shape index (κ2) is 6.23. The van der Waals surface area contributed by atoms with Crippen molar-refractivity contribution in [3.8, 4) is 11.8 Å². The number of amides is 1. The van der Waals surface area contributed by atoms with Crippen LogP contribution in [0.3, 0.4) is 0 Å². The summed E-state index contributed by atoms with van der Waals surface area (Å²) in [6, 6.07) is 5.48. The third-order valence-electron chi connectivity index (χ3n) is 2.37. The van der Waals surface area contributed by atoms with Crippen molar-refractivity contribution in [1.82, 2.24) is 5.32 Å². The number of aryl methyl sites for hydroxylation is 1. The van der Waals surface area contributed by atoms with Crippen LogP contribution in [0.25, 0.3) is 0 Å². The number of aliphatic hydroxyl groups excluding tert-OH is 1. The number of carbonyl (C=O) groups is 1. The van der Waals surface area contributed by atoms with Crippen molar-refractivity contribution in [2.75, 3.05) is 6.61 Å². The maximum absolute atomic E-state index is 11.8. The van der Waals surface area contributed by atoms with Gasteiger partial charge in [0.1, 0.15) is 18.6 Å². The summed E-state index contributed by atoms with van der Waals surface area (Å²) >= 11 is 1.49. The fourth-order valence-electron chi connectivity index (χ4n) is 1.50. The Kier molecular flexibility index (Phi) is 4.39. The van der Waals surface area contributed by atoms with Crippen LogP contribution in [0.15, 0.2) is 28.9 Å². The molecule has 98 valence electrons. The van der Waals surface area contributed by atoms with Crippen molar-refractivity contribution in [2.45, 2.75) is 13.5 Å². The summed E-state index contributed by atoms with van der Waals surface area (Å²) in [5.41, 5.74) is 0.523. The highest BCUT2D eigenvalue weighted by Crippen LogP contribution is 2.15. The van der Waals surface area contributed by atoms with Gasteiger partial charge in [0.05, 0.1) is 17.0 Å². The minimum absolute atomic E-state index is 0.149. The van der Waals surface area contributed by atoms with Crippen molar-refractivity contribution in [2.24, 2.45) is 0 Å². The largest absolute Gasteiger partial charge is 0.469 e. The van der Waals surface area contributed by atoms with E-state index in [0.29, 0.717) is 17.9 Å². The Balaban J connectivity index is 1.92. The number of carbonyl (C=O) groups excluding carboxylic acids is 1. The van der Waals surface area contributed by atoms with Gasteiger partial charge in [-0.2, -0.15) is 0 Å². The Bertz CT molecular complexity index is 630. The molecule has 0 atom stereocenters. The zero-order valence-corrected chi connectivity index (χ0v) is 11.2. The Morgan fingerprint density at radius 1 is 1.53 bits per heavy atom. The molecular weight excluding hydrogens is 262 g/mol. The molecule has 2 aromatic rings. The number of hydrogen-bond acceptors (Lipinski definition) is 4. The average molecular weight is 275 g/mol. The first-order chi connectivity index (χ1) is 9.19. The molecule has 0 saturated carbocycles. The highest BCUT2D eigenvalue weighted by molar-refractivity contribution is 7.12. The van der Waals surface area contributed by atoms with Crippen molar-refractivity contribution in [3.63, 3.8) is 0 Å². The van der Waals surface area contributed by atoms with Gasteiger partial charge >= 0.3 is 0 Å². The molecule has 0 aliphatic carbocycles. The first-order valence-electron chi connectivity index (χ1n) is 5.71. The molecule has 2 aromatic heterocycles. The monoisotopic (exact) mass is 275 g/mol. The molecule has 0 aliphatic rings. The second-order valence-corrected chi connectivity index (χ2v) is 5.02. The third-order valence-corrected chi connectivity index (χ3v) is 3.37. The Morgan fingerprint density at radius 3 is 3.05 bits per heavy atom. The minimum Gasteiger partial charge on any atom is -0.469 e. The van der Waals surface area contributed by atoms with Crippen LogP contribution in [0.4, 0.5) is 0 Å². The summed E-state index contributed by atoms with van der Waals surface area (Å²) in [4.78, 5) is 13.7. The maximum atomic E-state index is 11.8. The van der Waals surface area contributed by atoms with Gasteiger partial charge in [0.25, 0.3) is 5.91 Å². The zero-order valence-electron chi connectivity index (χ0n) is 10.4. The maximum Gasteiger partial charge on any atom is 0.254 e. The summed E-state index contributed by atoms with van der Waals surface area (Å²) in [6.07, 6.45) is 1.44. The predicted octanol–water partition coefficient (Wildman–Crippen LogP) is 1.92. The van der Waals surface area contributed by atoms with Crippen LogP contribution in [0.2, 0.25) is 0 Å². The van der Waals surface area contributed by atoms with Crippen LogP contribution in [-0.2, 0) is 6.54 Å². The van der Waals surface area contributed by atoms with Crippen LogP contribution in [0.1, 0.15) is 25.9 Å². The normalized spacial score (nSPS) is 9.79. The molecule has 4 nitrogen and oxygen atoms in total. The minimum atomic E-state index is -0.159. The van der Waals surface area contributed by atoms with E-state index in [-0.39, 0.29) is 12.5 Å². The van der Waals surface area contributed by atoms with Gasteiger partial charge in [0, 0.05) is 4.88 Å². The molecule has 0 radical (unpaired) electrons. The van der Waals surface area contributed by atoms with E-state index in [1.54, 1.807) is 13.0 Å². The van der Waals surface area contributed by atoms with Gasteiger partial charge in [-0.3, -0.25) is 4.79 Å². The van der Waals surface area contributed by atoms with Crippen LogP contribution in [0, 0.1) is 18.8 Å². The number of hydrogen-bond donors (Lipinski definition) is 2. The van der Waals surface area contributed by atoms with Crippen molar-refractivity contribution in [3.05, 3.63) is 45.5 Å². The lowest BCUT2D eigenvalue weighted by atomic mass is 10.3. The summed E-state index contributed by atoms with van der Waals surface area (Å²) < 4.78 is 5.09. The van der Waals surface area contributed by atoms with Gasteiger partial charge in [0.15, 0.2) is 0 Å². The molecule has 2 N–H and O–H groups in total. The van der Waals surface area contributed by atoms with Gasteiger partial charge in [0.2, 0.25) is 0 Å². The van der Waals surface area contributed by atoms with Crippen molar-refractivity contribution in [1.29, 1.82) is 0 Å².